The first-order valence-electron chi connectivity index (χ1n) is 10.1. The van der Waals surface area contributed by atoms with Gasteiger partial charge in [-0.15, -0.1) is 10.2 Å². The molecule has 0 saturated carbocycles. The second-order valence-corrected chi connectivity index (χ2v) is 8.46. The minimum Gasteiger partial charge on any atom is -0.308 e. The van der Waals surface area contributed by atoms with Crippen LogP contribution in [0.3, 0.4) is 0 Å². The molecule has 0 bridgehead atoms. The molecule has 2 heterocycles. The Morgan fingerprint density at radius 3 is 2.47 bits per heavy atom. The summed E-state index contributed by atoms with van der Waals surface area (Å²) < 4.78 is 0. The molecule has 4 aromatic rings. The van der Waals surface area contributed by atoms with E-state index in [-0.39, 0.29) is 11.9 Å². The van der Waals surface area contributed by atoms with Crippen LogP contribution >= 0.6 is 11.8 Å². The van der Waals surface area contributed by atoms with Gasteiger partial charge < -0.3 is 4.90 Å². The number of aromatic nitrogens is 2. The van der Waals surface area contributed by atoms with Gasteiger partial charge in [0.15, 0.2) is 0 Å². The lowest BCUT2D eigenvalue weighted by molar-refractivity contribution is -0.116. The average Bonchev–Trinajstić information content (AvgIpc) is 3.13. The van der Waals surface area contributed by atoms with E-state index >= 15 is 0 Å². The molecule has 0 radical (unpaired) electrons. The van der Waals surface area contributed by atoms with Crippen molar-refractivity contribution in [3.05, 3.63) is 84.4 Å². The largest absolute Gasteiger partial charge is 0.308 e. The van der Waals surface area contributed by atoms with Crippen LogP contribution in [0.1, 0.15) is 12.5 Å². The molecule has 0 fully saturated rings. The smallest absolute Gasteiger partial charge is 0.237 e. The summed E-state index contributed by atoms with van der Waals surface area (Å²) in [4.78, 5) is 15.0. The van der Waals surface area contributed by atoms with Gasteiger partial charge in [0, 0.05) is 28.1 Å². The van der Waals surface area contributed by atoms with Crippen molar-refractivity contribution in [2.45, 2.75) is 24.4 Å². The van der Waals surface area contributed by atoms with E-state index in [1.807, 2.05) is 65.6 Å². The van der Waals surface area contributed by atoms with E-state index in [4.69, 9.17) is 0 Å². The molecule has 0 aliphatic carbocycles. The molecule has 1 atom stereocenters. The van der Waals surface area contributed by atoms with E-state index in [1.54, 1.807) is 0 Å². The highest BCUT2D eigenvalue weighted by molar-refractivity contribution is 8.00. The zero-order valence-corrected chi connectivity index (χ0v) is 17.5. The molecule has 3 aromatic carbocycles. The van der Waals surface area contributed by atoms with Gasteiger partial charge in [-0.25, -0.2) is 0 Å². The first-order valence-corrected chi connectivity index (χ1v) is 11.0. The first kappa shape index (κ1) is 18.8. The van der Waals surface area contributed by atoms with Crippen LogP contribution in [0.4, 0.5) is 5.69 Å². The third-order valence-corrected chi connectivity index (χ3v) is 6.48. The second kappa shape index (κ2) is 7.92. The van der Waals surface area contributed by atoms with Gasteiger partial charge in [0.25, 0.3) is 0 Å². The molecule has 1 aliphatic rings. The van der Waals surface area contributed by atoms with E-state index in [9.17, 15) is 4.79 Å². The molecule has 0 unspecified atom stereocenters. The quantitative estimate of drug-likeness (QED) is 0.424. The number of benzene rings is 3. The fraction of sp³-hybridized carbons (Fsp3) is 0.160. The lowest BCUT2D eigenvalue weighted by Crippen LogP contribution is -2.37. The van der Waals surface area contributed by atoms with Gasteiger partial charge in [0.2, 0.25) is 5.91 Å². The molecule has 30 heavy (non-hydrogen) atoms. The molecule has 0 N–H and O–H groups in total. The number of fused-ring (bicyclic) bond motifs is 2. The number of thioether (sulfide) groups is 1. The van der Waals surface area contributed by atoms with E-state index in [0.717, 1.165) is 39.2 Å². The molecule has 148 valence electrons. The Labute approximate surface area is 179 Å². The number of carbonyl (C=O) groups is 1. The number of hydrogen-bond acceptors (Lipinski definition) is 4. The summed E-state index contributed by atoms with van der Waals surface area (Å²) in [6, 6.07) is 26.6. The van der Waals surface area contributed by atoms with Gasteiger partial charge in [-0.3, -0.25) is 4.79 Å². The van der Waals surface area contributed by atoms with Crippen LogP contribution in [0.25, 0.3) is 22.0 Å². The third kappa shape index (κ3) is 3.35. The number of nitrogens with zero attached hydrogens (tertiary/aromatic N) is 3. The fourth-order valence-electron chi connectivity index (χ4n) is 4.14. The van der Waals surface area contributed by atoms with Gasteiger partial charge in [0.1, 0.15) is 10.7 Å². The summed E-state index contributed by atoms with van der Waals surface area (Å²) in [6.07, 6.45) is 0.904. The van der Waals surface area contributed by atoms with E-state index in [2.05, 4.69) is 35.3 Å². The van der Waals surface area contributed by atoms with Crippen LogP contribution in [0, 0.1) is 0 Å². The molecule has 0 saturated heterocycles. The Bertz CT molecular complexity index is 1230. The van der Waals surface area contributed by atoms with Gasteiger partial charge in [-0.1, -0.05) is 84.6 Å². The second-order valence-electron chi connectivity index (χ2n) is 7.50. The molecule has 1 aromatic heterocycles. The van der Waals surface area contributed by atoms with Gasteiger partial charge in [0.05, 0.1) is 5.75 Å². The third-order valence-electron chi connectivity index (χ3n) is 5.51. The van der Waals surface area contributed by atoms with Crippen molar-refractivity contribution in [3.8, 4) is 11.3 Å². The Hall–Kier alpha value is -3.18. The number of anilines is 1. The summed E-state index contributed by atoms with van der Waals surface area (Å²) in [5, 5.41) is 11.9. The van der Waals surface area contributed by atoms with Crippen LogP contribution in [0.5, 0.6) is 0 Å². The molecule has 1 amide bonds. The molecule has 5 heteroatoms. The topological polar surface area (TPSA) is 46.1 Å². The van der Waals surface area contributed by atoms with E-state index < -0.39 is 0 Å². The molecular weight excluding hydrogens is 390 g/mol. The van der Waals surface area contributed by atoms with Gasteiger partial charge in [-0.2, -0.15) is 0 Å². The number of para-hydroxylation sites is 1. The van der Waals surface area contributed by atoms with Crippen molar-refractivity contribution in [3.63, 3.8) is 0 Å². The SMILES string of the molecule is C[C@H]1Cc2ccccc2N1C(=O)CSc1nnc(-c2ccccc2)c2ccccc12. The average molecular weight is 412 g/mol. The minimum atomic E-state index is 0.107. The van der Waals surface area contributed by atoms with Crippen molar-refractivity contribution in [2.24, 2.45) is 0 Å². The zero-order chi connectivity index (χ0) is 20.5. The van der Waals surface area contributed by atoms with Crippen LogP contribution in [-0.2, 0) is 11.2 Å². The lowest BCUT2D eigenvalue weighted by atomic mass is 10.1. The van der Waals surface area contributed by atoms with Crippen molar-refractivity contribution in [2.75, 3.05) is 10.7 Å². The van der Waals surface area contributed by atoms with Crippen molar-refractivity contribution < 1.29 is 4.79 Å². The first-order chi connectivity index (χ1) is 14.7. The maximum atomic E-state index is 13.1. The predicted molar refractivity (Wildman–Crippen MR) is 123 cm³/mol. The number of carbonyl (C=O) groups excluding carboxylic acids is 1. The van der Waals surface area contributed by atoms with E-state index in [1.165, 1.54) is 17.3 Å². The molecule has 5 rings (SSSR count). The van der Waals surface area contributed by atoms with Crippen LogP contribution in [0.15, 0.2) is 83.9 Å². The zero-order valence-electron chi connectivity index (χ0n) is 16.7. The molecular formula is C25H21N3OS. The Balaban J connectivity index is 1.42. The summed E-state index contributed by atoms with van der Waals surface area (Å²) in [5.41, 5.74) is 4.17. The Kier molecular flexibility index (Phi) is 4.97. The number of amides is 1. The van der Waals surface area contributed by atoms with Gasteiger partial charge in [-0.05, 0) is 25.0 Å². The highest BCUT2D eigenvalue weighted by Gasteiger charge is 2.30. The molecule has 1 aliphatic heterocycles. The number of rotatable bonds is 4. The monoisotopic (exact) mass is 411 g/mol. The predicted octanol–water partition coefficient (Wildman–Crippen LogP) is 5.37. The maximum Gasteiger partial charge on any atom is 0.237 e. The summed E-state index contributed by atoms with van der Waals surface area (Å²) in [6.45, 7) is 2.10. The van der Waals surface area contributed by atoms with Gasteiger partial charge >= 0.3 is 0 Å². The highest BCUT2D eigenvalue weighted by atomic mass is 32.2. The molecule has 0 spiro atoms. The van der Waals surface area contributed by atoms with Crippen molar-refractivity contribution in [1.29, 1.82) is 0 Å². The summed E-state index contributed by atoms with van der Waals surface area (Å²) >= 11 is 1.46. The van der Waals surface area contributed by atoms with E-state index in [0.29, 0.717) is 5.75 Å². The highest BCUT2D eigenvalue weighted by Crippen LogP contribution is 2.34. The van der Waals surface area contributed by atoms with Crippen molar-refractivity contribution >= 4 is 34.1 Å². The fourth-order valence-corrected chi connectivity index (χ4v) is 4.97. The van der Waals surface area contributed by atoms with Crippen LogP contribution in [-0.4, -0.2) is 27.9 Å². The maximum absolute atomic E-state index is 13.1. The van der Waals surface area contributed by atoms with Crippen molar-refractivity contribution in [1.82, 2.24) is 10.2 Å². The Morgan fingerprint density at radius 2 is 1.63 bits per heavy atom. The Morgan fingerprint density at radius 1 is 0.933 bits per heavy atom. The summed E-state index contributed by atoms with van der Waals surface area (Å²) in [7, 11) is 0. The minimum absolute atomic E-state index is 0.107. The van der Waals surface area contributed by atoms with Crippen LogP contribution < -0.4 is 4.90 Å². The standard InChI is InChI=1S/C25H21N3OS/c1-17-15-19-11-5-8-14-22(19)28(17)23(29)16-30-25-21-13-7-6-12-20(21)24(26-27-25)18-9-3-2-4-10-18/h2-14,17H,15-16H2,1H3/t17-/m0/s1. The normalized spacial score (nSPS) is 15.4. The molecule has 4 nitrogen and oxygen atoms in total. The summed E-state index contributed by atoms with van der Waals surface area (Å²) in [5.74, 6) is 0.442. The van der Waals surface area contributed by atoms with Crippen LogP contribution in [0.2, 0.25) is 0 Å². The lowest BCUT2D eigenvalue weighted by Gasteiger charge is -2.22. The number of hydrogen-bond donors (Lipinski definition) is 0.